The minimum absolute atomic E-state index is 0.238. The Hall–Kier alpha value is -0.850. The Labute approximate surface area is 85.3 Å². The summed E-state index contributed by atoms with van der Waals surface area (Å²) in [6.45, 7) is 1.75. The molecule has 1 aromatic rings. The highest BCUT2D eigenvalue weighted by Crippen LogP contribution is 2.14. The SMILES string of the molecule is CC(N)C#Cc1cc(Br)ccc1F. The second-order valence-electron chi connectivity index (χ2n) is 2.68. The highest BCUT2D eigenvalue weighted by atomic mass is 79.9. The minimum atomic E-state index is -0.323. The second-order valence-corrected chi connectivity index (χ2v) is 3.60. The fourth-order valence-electron chi connectivity index (χ4n) is 0.785. The molecule has 3 heteroatoms. The van der Waals surface area contributed by atoms with E-state index < -0.39 is 0 Å². The number of benzene rings is 1. The lowest BCUT2D eigenvalue weighted by molar-refractivity contribution is 0.624. The Morgan fingerprint density at radius 1 is 1.54 bits per heavy atom. The van der Waals surface area contributed by atoms with Crippen LogP contribution >= 0.6 is 15.9 Å². The molecule has 0 saturated heterocycles. The Bertz CT molecular complexity index is 363. The smallest absolute Gasteiger partial charge is 0.138 e. The summed E-state index contributed by atoms with van der Waals surface area (Å²) in [4.78, 5) is 0. The van der Waals surface area contributed by atoms with Crippen molar-refractivity contribution in [1.29, 1.82) is 0 Å². The molecule has 13 heavy (non-hydrogen) atoms. The second kappa shape index (κ2) is 4.40. The van der Waals surface area contributed by atoms with Gasteiger partial charge in [-0.3, -0.25) is 0 Å². The number of hydrogen-bond donors (Lipinski definition) is 1. The molecule has 1 atom stereocenters. The molecule has 1 aromatic carbocycles. The first kappa shape index (κ1) is 10.2. The van der Waals surface area contributed by atoms with Gasteiger partial charge in [0.2, 0.25) is 0 Å². The minimum Gasteiger partial charge on any atom is -0.318 e. The fourth-order valence-corrected chi connectivity index (χ4v) is 1.15. The van der Waals surface area contributed by atoms with E-state index in [2.05, 4.69) is 27.8 Å². The van der Waals surface area contributed by atoms with E-state index in [-0.39, 0.29) is 11.9 Å². The molecule has 0 amide bonds. The van der Waals surface area contributed by atoms with E-state index in [1.165, 1.54) is 6.07 Å². The van der Waals surface area contributed by atoms with Crippen LogP contribution in [0.5, 0.6) is 0 Å². The average Bonchev–Trinajstić information content (AvgIpc) is 2.06. The maximum absolute atomic E-state index is 13.1. The Kier molecular flexibility index (Phi) is 3.47. The van der Waals surface area contributed by atoms with Crippen LogP contribution < -0.4 is 5.73 Å². The molecule has 0 heterocycles. The third kappa shape index (κ3) is 3.17. The van der Waals surface area contributed by atoms with Crippen LogP contribution in [-0.4, -0.2) is 6.04 Å². The van der Waals surface area contributed by atoms with Gasteiger partial charge in [-0.2, -0.15) is 0 Å². The average molecular weight is 242 g/mol. The van der Waals surface area contributed by atoms with Crippen LogP contribution in [0.1, 0.15) is 12.5 Å². The zero-order valence-electron chi connectivity index (χ0n) is 7.14. The molecule has 0 saturated carbocycles. The maximum Gasteiger partial charge on any atom is 0.138 e. The topological polar surface area (TPSA) is 26.0 Å². The number of halogens is 2. The molecule has 1 rings (SSSR count). The van der Waals surface area contributed by atoms with Gasteiger partial charge in [0.1, 0.15) is 5.82 Å². The van der Waals surface area contributed by atoms with E-state index in [9.17, 15) is 4.39 Å². The van der Waals surface area contributed by atoms with Gasteiger partial charge in [-0.25, -0.2) is 4.39 Å². The summed E-state index contributed by atoms with van der Waals surface area (Å²) in [6.07, 6.45) is 0. The lowest BCUT2D eigenvalue weighted by Gasteiger charge is -1.95. The zero-order valence-corrected chi connectivity index (χ0v) is 8.73. The molecular weight excluding hydrogens is 233 g/mol. The molecule has 1 unspecified atom stereocenters. The molecule has 0 aliphatic carbocycles. The van der Waals surface area contributed by atoms with Crippen LogP contribution in [0.15, 0.2) is 22.7 Å². The van der Waals surface area contributed by atoms with Gasteiger partial charge >= 0.3 is 0 Å². The van der Waals surface area contributed by atoms with E-state index >= 15 is 0 Å². The third-order valence-corrected chi connectivity index (χ3v) is 1.86. The number of hydrogen-bond acceptors (Lipinski definition) is 1. The highest BCUT2D eigenvalue weighted by Gasteiger charge is 1.98. The van der Waals surface area contributed by atoms with Crippen molar-refractivity contribution in [2.45, 2.75) is 13.0 Å². The summed E-state index contributed by atoms with van der Waals surface area (Å²) in [7, 11) is 0. The van der Waals surface area contributed by atoms with Gasteiger partial charge in [0.05, 0.1) is 11.6 Å². The summed E-state index contributed by atoms with van der Waals surface area (Å²) in [5.41, 5.74) is 5.79. The highest BCUT2D eigenvalue weighted by molar-refractivity contribution is 9.10. The first-order valence-corrected chi connectivity index (χ1v) is 4.61. The Balaban J connectivity index is 3.02. The van der Waals surface area contributed by atoms with Gasteiger partial charge in [0.25, 0.3) is 0 Å². The third-order valence-electron chi connectivity index (χ3n) is 1.36. The van der Waals surface area contributed by atoms with Gasteiger partial charge < -0.3 is 5.73 Å². The van der Waals surface area contributed by atoms with Crippen molar-refractivity contribution in [2.75, 3.05) is 0 Å². The fraction of sp³-hybridized carbons (Fsp3) is 0.200. The molecule has 0 aliphatic rings. The van der Waals surface area contributed by atoms with Crippen molar-refractivity contribution < 1.29 is 4.39 Å². The largest absolute Gasteiger partial charge is 0.318 e. The first-order valence-electron chi connectivity index (χ1n) is 3.82. The molecule has 1 nitrogen and oxygen atoms in total. The zero-order chi connectivity index (χ0) is 9.84. The molecule has 0 bridgehead atoms. The predicted molar refractivity (Wildman–Crippen MR) is 54.6 cm³/mol. The van der Waals surface area contributed by atoms with Crippen LogP contribution in [0.4, 0.5) is 4.39 Å². The predicted octanol–water partition coefficient (Wildman–Crippen LogP) is 2.29. The number of nitrogens with two attached hydrogens (primary N) is 1. The van der Waals surface area contributed by atoms with E-state index in [4.69, 9.17) is 5.73 Å². The lowest BCUT2D eigenvalue weighted by atomic mass is 10.2. The van der Waals surface area contributed by atoms with E-state index in [1.54, 1.807) is 19.1 Å². The van der Waals surface area contributed by atoms with Gasteiger partial charge in [-0.1, -0.05) is 27.8 Å². The summed E-state index contributed by atoms with van der Waals surface area (Å²) in [5.74, 6) is 5.05. The molecule has 0 radical (unpaired) electrons. The van der Waals surface area contributed by atoms with Gasteiger partial charge in [-0.05, 0) is 25.1 Å². The normalized spacial score (nSPS) is 11.7. The molecule has 0 aliphatic heterocycles. The standard InChI is InChI=1S/C10H9BrFN/c1-7(13)2-3-8-6-9(11)4-5-10(8)12/h4-7H,13H2,1H3. The monoisotopic (exact) mass is 241 g/mol. The molecule has 0 fully saturated rings. The summed E-state index contributed by atoms with van der Waals surface area (Å²) in [6, 6.07) is 4.39. The van der Waals surface area contributed by atoms with Crippen LogP contribution in [0, 0.1) is 17.7 Å². The summed E-state index contributed by atoms with van der Waals surface area (Å²) >= 11 is 3.24. The van der Waals surface area contributed by atoms with Crippen LogP contribution in [0.2, 0.25) is 0 Å². The van der Waals surface area contributed by atoms with Crippen molar-refractivity contribution in [2.24, 2.45) is 5.73 Å². The maximum atomic E-state index is 13.1. The molecule has 0 spiro atoms. The van der Waals surface area contributed by atoms with Crippen LogP contribution in [-0.2, 0) is 0 Å². The molecule has 0 aromatic heterocycles. The molecule has 68 valence electrons. The Morgan fingerprint density at radius 3 is 2.85 bits per heavy atom. The number of rotatable bonds is 0. The van der Waals surface area contributed by atoms with Gasteiger partial charge in [-0.15, -0.1) is 0 Å². The molecular formula is C10H9BrFN. The van der Waals surface area contributed by atoms with Crippen molar-refractivity contribution in [3.8, 4) is 11.8 Å². The van der Waals surface area contributed by atoms with Crippen LogP contribution in [0.25, 0.3) is 0 Å². The van der Waals surface area contributed by atoms with Crippen molar-refractivity contribution in [1.82, 2.24) is 0 Å². The van der Waals surface area contributed by atoms with E-state index in [0.29, 0.717) is 5.56 Å². The van der Waals surface area contributed by atoms with Gasteiger partial charge in [0, 0.05) is 4.47 Å². The summed E-state index contributed by atoms with van der Waals surface area (Å²) < 4.78 is 13.9. The first-order chi connectivity index (χ1) is 6.09. The molecule has 2 N–H and O–H groups in total. The van der Waals surface area contributed by atoms with Crippen molar-refractivity contribution in [3.05, 3.63) is 34.1 Å². The van der Waals surface area contributed by atoms with Crippen molar-refractivity contribution in [3.63, 3.8) is 0 Å². The quantitative estimate of drug-likeness (QED) is 0.694. The van der Waals surface area contributed by atoms with E-state index in [1.807, 2.05) is 0 Å². The van der Waals surface area contributed by atoms with E-state index in [0.717, 1.165) is 4.47 Å². The Morgan fingerprint density at radius 2 is 2.23 bits per heavy atom. The lowest BCUT2D eigenvalue weighted by Crippen LogP contribution is -2.10. The van der Waals surface area contributed by atoms with Crippen molar-refractivity contribution >= 4 is 15.9 Å². The summed E-state index contributed by atoms with van der Waals surface area (Å²) in [5, 5.41) is 0. The van der Waals surface area contributed by atoms with Gasteiger partial charge in [0.15, 0.2) is 0 Å². The van der Waals surface area contributed by atoms with Crippen LogP contribution in [0.3, 0.4) is 0 Å².